The van der Waals surface area contributed by atoms with Gasteiger partial charge < -0.3 is 14.8 Å². The minimum absolute atomic E-state index is 0.0525. The van der Waals surface area contributed by atoms with Crippen LogP contribution in [0.3, 0.4) is 0 Å². The van der Waals surface area contributed by atoms with Gasteiger partial charge in [0, 0.05) is 19.5 Å². The molecule has 8 heteroatoms. The summed E-state index contributed by atoms with van der Waals surface area (Å²) in [4.78, 5) is 12.6. The van der Waals surface area contributed by atoms with Crippen LogP contribution in [0.25, 0.3) is 0 Å². The van der Waals surface area contributed by atoms with E-state index in [1.807, 2.05) is 31.2 Å². The first-order valence-corrected chi connectivity index (χ1v) is 11.4. The summed E-state index contributed by atoms with van der Waals surface area (Å²) in [5, 5.41) is 2.99. The smallest absolute Gasteiger partial charge is 0.243 e. The van der Waals surface area contributed by atoms with E-state index in [0.717, 1.165) is 16.9 Å². The summed E-state index contributed by atoms with van der Waals surface area (Å²) in [6, 6.07) is 14.2. The fourth-order valence-corrected chi connectivity index (χ4v) is 4.72. The second-order valence-corrected chi connectivity index (χ2v) is 9.16. The zero-order valence-electron chi connectivity index (χ0n) is 17.3. The number of ether oxygens (including phenoxy) is 2. The SMILES string of the molecule is COc1ccc(C(C)NC(=O)CCc2ccc(S(=O)(=O)N3CCOCC3)cc2)cc1. The highest BCUT2D eigenvalue weighted by Gasteiger charge is 2.26. The molecule has 2 aromatic rings. The van der Waals surface area contributed by atoms with Crippen molar-refractivity contribution in [2.45, 2.75) is 30.7 Å². The Kier molecular flexibility index (Phi) is 7.47. The lowest BCUT2D eigenvalue weighted by molar-refractivity contribution is -0.121. The Balaban J connectivity index is 1.52. The van der Waals surface area contributed by atoms with E-state index in [1.165, 1.54) is 4.31 Å². The van der Waals surface area contributed by atoms with Crippen molar-refractivity contribution in [2.24, 2.45) is 0 Å². The van der Waals surface area contributed by atoms with E-state index in [4.69, 9.17) is 9.47 Å². The Morgan fingerprint density at radius 3 is 2.33 bits per heavy atom. The summed E-state index contributed by atoms with van der Waals surface area (Å²) in [5.74, 6) is 0.722. The van der Waals surface area contributed by atoms with Gasteiger partial charge in [0.15, 0.2) is 0 Å². The van der Waals surface area contributed by atoms with Crippen LogP contribution in [-0.2, 0) is 26.0 Å². The predicted molar refractivity (Wildman–Crippen MR) is 114 cm³/mol. The highest BCUT2D eigenvalue weighted by Crippen LogP contribution is 2.19. The number of hydrogen-bond donors (Lipinski definition) is 1. The van der Waals surface area contributed by atoms with Crippen molar-refractivity contribution in [3.8, 4) is 5.75 Å². The van der Waals surface area contributed by atoms with Gasteiger partial charge in [-0.3, -0.25) is 4.79 Å². The van der Waals surface area contributed by atoms with E-state index >= 15 is 0 Å². The molecule has 1 amide bonds. The minimum Gasteiger partial charge on any atom is -0.497 e. The molecular formula is C22H28N2O5S. The number of rotatable bonds is 8. The van der Waals surface area contributed by atoms with Gasteiger partial charge in [0.2, 0.25) is 15.9 Å². The molecule has 1 aliphatic heterocycles. The number of hydrogen-bond acceptors (Lipinski definition) is 5. The van der Waals surface area contributed by atoms with Crippen molar-refractivity contribution >= 4 is 15.9 Å². The van der Waals surface area contributed by atoms with Crippen LogP contribution in [0.15, 0.2) is 53.4 Å². The van der Waals surface area contributed by atoms with Gasteiger partial charge in [-0.05, 0) is 48.7 Å². The largest absolute Gasteiger partial charge is 0.497 e. The molecule has 0 radical (unpaired) electrons. The van der Waals surface area contributed by atoms with Crippen LogP contribution in [0.1, 0.15) is 30.5 Å². The maximum atomic E-state index is 12.7. The van der Waals surface area contributed by atoms with E-state index in [1.54, 1.807) is 31.4 Å². The van der Waals surface area contributed by atoms with Gasteiger partial charge in [0.25, 0.3) is 0 Å². The normalized spacial score (nSPS) is 16.1. The average Bonchev–Trinajstić information content (AvgIpc) is 2.78. The molecule has 1 atom stereocenters. The fraction of sp³-hybridized carbons (Fsp3) is 0.409. The number of nitrogens with one attached hydrogen (secondary N) is 1. The second kappa shape index (κ2) is 10.1. The Bertz CT molecular complexity index is 936. The third kappa shape index (κ3) is 5.59. The van der Waals surface area contributed by atoms with E-state index < -0.39 is 10.0 Å². The molecule has 0 aromatic heterocycles. The third-order valence-electron chi connectivity index (χ3n) is 5.17. The summed E-state index contributed by atoms with van der Waals surface area (Å²) in [6.45, 7) is 3.51. The second-order valence-electron chi connectivity index (χ2n) is 7.22. The molecular weight excluding hydrogens is 404 g/mol. The lowest BCUT2D eigenvalue weighted by Gasteiger charge is -2.26. The zero-order chi connectivity index (χ0) is 21.6. The zero-order valence-corrected chi connectivity index (χ0v) is 18.2. The Labute approximate surface area is 178 Å². The summed E-state index contributed by atoms with van der Waals surface area (Å²) >= 11 is 0. The molecule has 3 rings (SSSR count). The molecule has 0 spiro atoms. The molecule has 7 nitrogen and oxygen atoms in total. The number of aryl methyl sites for hydroxylation is 1. The molecule has 1 N–H and O–H groups in total. The number of benzene rings is 2. The Hall–Kier alpha value is -2.42. The third-order valence-corrected chi connectivity index (χ3v) is 7.08. The quantitative estimate of drug-likeness (QED) is 0.693. The topological polar surface area (TPSA) is 84.9 Å². The first-order chi connectivity index (χ1) is 14.4. The molecule has 2 aromatic carbocycles. The number of sulfonamides is 1. The highest BCUT2D eigenvalue weighted by atomic mass is 32.2. The van der Waals surface area contributed by atoms with Crippen molar-refractivity contribution in [1.29, 1.82) is 0 Å². The van der Waals surface area contributed by atoms with Crippen LogP contribution < -0.4 is 10.1 Å². The van der Waals surface area contributed by atoms with Gasteiger partial charge in [-0.15, -0.1) is 0 Å². The van der Waals surface area contributed by atoms with Crippen molar-refractivity contribution in [3.05, 3.63) is 59.7 Å². The standard InChI is InChI=1S/C22H28N2O5S/c1-17(19-6-8-20(28-2)9-7-19)23-22(25)12-5-18-3-10-21(11-4-18)30(26,27)24-13-15-29-16-14-24/h3-4,6-11,17H,5,12-16H2,1-2H3,(H,23,25). The number of methoxy groups -OCH3 is 1. The monoisotopic (exact) mass is 432 g/mol. The van der Waals surface area contributed by atoms with E-state index in [2.05, 4.69) is 5.32 Å². The Morgan fingerprint density at radius 1 is 1.10 bits per heavy atom. The number of morpholine rings is 1. The highest BCUT2D eigenvalue weighted by molar-refractivity contribution is 7.89. The van der Waals surface area contributed by atoms with Gasteiger partial charge >= 0.3 is 0 Å². The fourth-order valence-electron chi connectivity index (χ4n) is 3.31. The van der Waals surface area contributed by atoms with Crippen LogP contribution in [0.2, 0.25) is 0 Å². The van der Waals surface area contributed by atoms with Crippen LogP contribution >= 0.6 is 0 Å². The number of carbonyl (C=O) groups excluding carboxylic acids is 1. The van der Waals surface area contributed by atoms with Gasteiger partial charge in [-0.1, -0.05) is 24.3 Å². The molecule has 0 bridgehead atoms. The van der Waals surface area contributed by atoms with E-state index in [0.29, 0.717) is 39.1 Å². The summed E-state index contributed by atoms with van der Waals surface area (Å²) in [7, 11) is -1.88. The van der Waals surface area contributed by atoms with Crippen LogP contribution in [0.5, 0.6) is 5.75 Å². The molecule has 1 heterocycles. The van der Waals surface area contributed by atoms with Crippen molar-refractivity contribution in [1.82, 2.24) is 9.62 Å². The molecule has 0 aliphatic carbocycles. The van der Waals surface area contributed by atoms with Crippen LogP contribution in [0, 0.1) is 0 Å². The lowest BCUT2D eigenvalue weighted by Crippen LogP contribution is -2.40. The van der Waals surface area contributed by atoms with E-state index in [-0.39, 0.29) is 16.8 Å². The maximum Gasteiger partial charge on any atom is 0.243 e. The average molecular weight is 433 g/mol. The minimum atomic E-state index is -3.50. The molecule has 1 saturated heterocycles. The van der Waals surface area contributed by atoms with Gasteiger partial charge in [-0.25, -0.2) is 8.42 Å². The molecule has 162 valence electrons. The summed E-state index contributed by atoms with van der Waals surface area (Å²) < 4.78 is 37.1. The lowest BCUT2D eigenvalue weighted by atomic mass is 10.1. The molecule has 1 unspecified atom stereocenters. The van der Waals surface area contributed by atoms with Crippen molar-refractivity contribution < 1.29 is 22.7 Å². The Morgan fingerprint density at radius 2 is 1.73 bits per heavy atom. The van der Waals surface area contributed by atoms with Gasteiger partial charge in [0.1, 0.15) is 5.75 Å². The molecule has 0 saturated carbocycles. The van der Waals surface area contributed by atoms with Crippen LogP contribution in [-0.4, -0.2) is 52.0 Å². The van der Waals surface area contributed by atoms with Gasteiger partial charge in [-0.2, -0.15) is 4.31 Å². The van der Waals surface area contributed by atoms with Crippen molar-refractivity contribution in [2.75, 3.05) is 33.4 Å². The molecule has 1 aliphatic rings. The van der Waals surface area contributed by atoms with Crippen LogP contribution in [0.4, 0.5) is 0 Å². The number of amides is 1. The molecule has 30 heavy (non-hydrogen) atoms. The van der Waals surface area contributed by atoms with E-state index in [9.17, 15) is 13.2 Å². The summed E-state index contributed by atoms with van der Waals surface area (Å²) in [5.41, 5.74) is 1.92. The molecule has 1 fully saturated rings. The first-order valence-electron chi connectivity index (χ1n) is 10.0. The van der Waals surface area contributed by atoms with Gasteiger partial charge in [0.05, 0.1) is 31.3 Å². The number of carbonyl (C=O) groups is 1. The van der Waals surface area contributed by atoms with Crippen molar-refractivity contribution in [3.63, 3.8) is 0 Å². The summed E-state index contributed by atoms with van der Waals surface area (Å²) in [6.07, 6.45) is 0.870. The predicted octanol–water partition coefficient (Wildman–Crippen LogP) is 2.53. The number of nitrogens with zero attached hydrogens (tertiary/aromatic N) is 1. The maximum absolute atomic E-state index is 12.7. The first kappa shape index (κ1) is 22.3.